The summed E-state index contributed by atoms with van der Waals surface area (Å²) >= 11 is 0. The van der Waals surface area contributed by atoms with E-state index in [9.17, 15) is 9.59 Å². The van der Waals surface area contributed by atoms with Gasteiger partial charge in [0.1, 0.15) is 0 Å². The fourth-order valence-electron chi connectivity index (χ4n) is 2.79. The summed E-state index contributed by atoms with van der Waals surface area (Å²) in [5.41, 5.74) is 5.24. The highest BCUT2D eigenvalue weighted by molar-refractivity contribution is 5.84. The van der Waals surface area contributed by atoms with Gasteiger partial charge in [-0.05, 0) is 32.2 Å². The highest BCUT2D eigenvalue weighted by Gasteiger charge is 2.28. The maximum absolute atomic E-state index is 12.3. The van der Waals surface area contributed by atoms with Gasteiger partial charge in [-0.25, -0.2) is 0 Å². The summed E-state index contributed by atoms with van der Waals surface area (Å²) < 4.78 is 5.51. The molecule has 0 aliphatic carbocycles. The average Bonchev–Trinajstić information content (AvgIpc) is 3.05. The summed E-state index contributed by atoms with van der Waals surface area (Å²) in [5.74, 6) is -0.430. The molecule has 6 heteroatoms. The summed E-state index contributed by atoms with van der Waals surface area (Å²) in [6.07, 6.45) is 4.40. The van der Waals surface area contributed by atoms with Gasteiger partial charge >= 0.3 is 0 Å². The summed E-state index contributed by atoms with van der Waals surface area (Å²) in [4.78, 5) is 25.0. The molecule has 6 nitrogen and oxygen atoms in total. The molecule has 2 fully saturated rings. The summed E-state index contributed by atoms with van der Waals surface area (Å²) in [7, 11) is 0. The van der Waals surface area contributed by atoms with Crippen molar-refractivity contribution in [3.05, 3.63) is 0 Å². The Morgan fingerprint density at radius 2 is 2.21 bits per heavy atom. The Hall–Kier alpha value is -1.14. The molecule has 19 heavy (non-hydrogen) atoms. The van der Waals surface area contributed by atoms with Gasteiger partial charge in [-0.3, -0.25) is 9.59 Å². The zero-order valence-electron chi connectivity index (χ0n) is 11.3. The number of hydrogen-bond donors (Lipinski definition) is 2. The van der Waals surface area contributed by atoms with Crippen molar-refractivity contribution in [2.75, 3.05) is 26.2 Å². The first-order valence-corrected chi connectivity index (χ1v) is 7.07. The molecular formula is C13H23N3O3. The molecule has 0 aromatic heterocycles. The van der Waals surface area contributed by atoms with Gasteiger partial charge in [-0.1, -0.05) is 0 Å². The Balaban J connectivity index is 1.84. The molecule has 0 aromatic carbocycles. The first-order valence-electron chi connectivity index (χ1n) is 7.07. The van der Waals surface area contributed by atoms with Crippen LogP contribution in [0.25, 0.3) is 0 Å². The lowest BCUT2D eigenvalue weighted by Gasteiger charge is -2.27. The van der Waals surface area contributed by atoms with Gasteiger partial charge in [-0.2, -0.15) is 0 Å². The second-order valence-corrected chi connectivity index (χ2v) is 5.31. The minimum absolute atomic E-state index is 0.0167. The molecule has 0 saturated carbocycles. The second kappa shape index (κ2) is 6.86. The van der Waals surface area contributed by atoms with Crippen LogP contribution < -0.4 is 11.1 Å². The zero-order chi connectivity index (χ0) is 13.7. The Kier molecular flexibility index (Phi) is 5.15. The van der Waals surface area contributed by atoms with E-state index in [1.807, 2.05) is 0 Å². The number of ether oxygens (including phenoxy) is 1. The fourth-order valence-corrected chi connectivity index (χ4v) is 2.79. The molecule has 108 valence electrons. The van der Waals surface area contributed by atoms with Crippen LogP contribution in [0.2, 0.25) is 0 Å². The topological polar surface area (TPSA) is 84.7 Å². The van der Waals surface area contributed by atoms with Crippen LogP contribution in [0.3, 0.4) is 0 Å². The van der Waals surface area contributed by atoms with Gasteiger partial charge < -0.3 is 20.7 Å². The number of carbonyl (C=O) groups is 2. The van der Waals surface area contributed by atoms with Crippen LogP contribution in [-0.4, -0.2) is 55.1 Å². The van der Waals surface area contributed by atoms with Crippen molar-refractivity contribution in [2.45, 2.75) is 44.2 Å². The quantitative estimate of drug-likeness (QED) is 0.688. The predicted octanol–water partition coefficient (Wildman–Crippen LogP) is -0.379. The van der Waals surface area contributed by atoms with Crippen LogP contribution >= 0.6 is 0 Å². The standard InChI is InChI=1S/C13H23N3O3/c14-12(17)9-16(10-5-6-15-8-10)13(18)4-3-11-2-1-7-19-11/h10-11,15H,1-9H2,(H2,14,17). The largest absolute Gasteiger partial charge is 0.378 e. The number of amides is 2. The molecule has 2 unspecified atom stereocenters. The molecule has 2 rings (SSSR count). The molecule has 2 aliphatic rings. The normalized spacial score (nSPS) is 26.5. The molecule has 2 atom stereocenters. The lowest BCUT2D eigenvalue weighted by Crippen LogP contribution is -2.46. The van der Waals surface area contributed by atoms with Crippen molar-refractivity contribution in [1.82, 2.24) is 10.2 Å². The monoisotopic (exact) mass is 269 g/mol. The maximum atomic E-state index is 12.3. The van der Waals surface area contributed by atoms with E-state index in [2.05, 4.69) is 5.32 Å². The van der Waals surface area contributed by atoms with Crippen LogP contribution in [0.4, 0.5) is 0 Å². The average molecular weight is 269 g/mol. The van der Waals surface area contributed by atoms with E-state index >= 15 is 0 Å². The first kappa shape index (κ1) is 14.3. The van der Waals surface area contributed by atoms with E-state index < -0.39 is 5.91 Å². The van der Waals surface area contributed by atoms with Crippen LogP contribution in [-0.2, 0) is 14.3 Å². The maximum Gasteiger partial charge on any atom is 0.237 e. The Bertz CT molecular complexity index is 323. The molecule has 2 aliphatic heterocycles. The van der Waals surface area contributed by atoms with Crippen LogP contribution in [0.15, 0.2) is 0 Å². The van der Waals surface area contributed by atoms with Gasteiger partial charge in [0, 0.05) is 25.6 Å². The molecule has 0 bridgehead atoms. The number of rotatable bonds is 6. The molecule has 2 saturated heterocycles. The van der Waals surface area contributed by atoms with Gasteiger partial charge in [0.2, 0.25) is 11.8 Å². The predicted molar refractivity (Wildman–Crippen MR) is 70.4 cm³/mol. The number of nitrogens with two attached hydrogens (primary N) is 1. The molecule has 0 spiro atoms. The van der Waals surface area contributed by atoms with Crippen molar-refractivity contribution < 1.29 is 14.3 Å². The molecule has 2 amide bonds. The highest BCUT2D eigenvalue weighted by atomic mass is 16.5. The highest BCUT2D eigenvalue weighted by Crippen LogP contribution is 2.18. The van der Waals surface area contributed by atoms with Gasteiger partial charge in [0.25, 0.3) is 0 Å². The lowest BCUT2D eigenvalue weighted by molar-refractivity contribution is -0.137. The third kappa shape index (κ3) is 4.18. The van der Waals surface area contributed by atoms with Gasteiger partial charge in [0.15, 0.2) is 0 Å². The molecule has 0 aromatic rings. The third-order valence-corrected chi connectivity index (χ3v) is 3.83. The Morgan fingerprint density at radius 1 is 1.37 bits per heavy atom. The lowest BCUT2D eigenvalue weighted by atomic mass is 10.1. The fraction of sp³-hybridized carbons (Fsp3) is 0.846. The molecule has 3 N–H and O–H groups in total. The van der Waals surface area contributed by atoms with Crippen molar-refractivity contribution in [3.63, 3.8) is 0 Å². The summed E-state index contributed by atoms with van der Waals surface area (Å²) in [5, 5.41) is 3.21. The molecule has 2 heterocycles. The van der Waals surface area contributed by atoms with E-state index in [4.69, 9.17) is 10.5 Å². The Labute approximate surface area is 113 Å². The van der Waals surface area contributed by atoms with Crippen molar-refractivity contribution in [1.29, 1.82) is 0 Å². The Morgan fingerprint density at radius 3 is 2.79 bits per heavy atom. The van der Waals surface area contributed by atoms with E-state index in [1.54, 1.807) is 4.90 Å². The number of carbonyl (C=O) groups excluding carboxylic acids is 2. The second-order valence-electron chi connectivity index (χ2n) is 5.31. The van der Waals surface area contributed by atoms with Crippen molar-refractivity contribution in [2.24, 2.45) is 5.73 Å². The third-order valence-electron chi connectivity index (χ3n) is 3.83. The summed E-state index contributed by atoms with van der Waals surface area (Å²) in [6, 6.07) is 0.101. The SMILES string of the molecule is NC(=O)CN(C(=O)CCC1CCCO1)C1CCNC1. The zero-order valence-corrected chi connectivity index (χ0v) is 11.3. The van der Waals surface area contributed by atoms with Crippen LogP contribution in [0.5, 0.6) is 0 Å². The van der Waals surface area contributed by atoms with E-state index in [1.165, 1.54) is 0 Å². The van der Waals surface area contributed by atoms with Crippen molar-refractivity contribution in [3.8, 4) is 0 Å². The number of nitrogens with zero attached hydrogens (tertiary/aromatic N) is 1. The van der Waals surface area contributed by atoms with Crippen LogP contribution in [0, 0.1) is 0 Å². The smallest absolute Gasteiger partial charge is 0.237 e. The van der Waals surface area contributed by atoms with Crippen molar-refractivity contribution >= 4 is 11.8 Å². The van der Waals surface area contributed by atoms with Crippen LogP contribution in [0.1, 0.15) is 32.1 Å². The van der Waals surface area contributed by atoms with E-state index in [0.717, 1.165) is 45.4 Å². The number of primary amides is 1. The van der Waals surface area contributed by atoms with Gasteiger partial charge in [0.05, 0.1) is 12.6 Å². The summed E-state index contributed by atoms with van der Waals surface area (Å²) in [6.45, 7) is 2.46. The van der Waals surface area contributed by atoms with Gasteiger partial charge in [-0.15, -0.1) is 0 Å². The number of hydrogen-bond acceptors (Lipinski definition) is 4. The minimum atomic E-state index is -0.447. The first-order chi connectivity index (χ1) is 9.16. The minimum Gasteiger partial charge on any atom is -0.378 e. The molecular weight excluding hydrogens is 246 g/mol. The molecule has 0 radical (unpaired) electrons. The van der Waals surface area contributed by atoms with E-state index in [-0.39, 0.29) is 24.6 Å². The van der Waals surface area contributed by atoms with E-state index in [0.29, 0.717) is 6.42 Å². The number of nitrogens with one attached hydrogen (secondary N) is 1.